The summed E-state index contributed by atoms with van der Waals surface area (Å²) in [6.07, 6.45) is 2.64. The third kappa shape index (κ3) is 3.68. The first-order chi connectivity index (χ1) is 10.3. The Balaban J connectivity index is 1.62. The van der Waals surface area contributed by atoms with Gasteiger partial charge in [0.05, 0.1) is 0 Å². The van der Waals surface area contributed by atoms with E-state index in [9.17, 15) is 0 Å². The summed E-state index contributed by atoms with van der Waals surface area (Å²) in [6, 6.07) is 10.5. The number of ether oxygens (including phenoxy) is 1. The Bertz CT molecular complexity index is 550. The molecule has 1 fully saturated rings. The number of nitrogens with zero attached hydrogens (tertiary/aromatic N) is 2. The van der Waals surface area contributed by atoms with Crippen molar-refractivity contribution >= 4 is 0 Å². The molecule has 21 heavy (non-hydrogen) atoms. The molecule has 5 heteroatoms. The number of likely N-dealkylation sites (N-methyl/N-ethyl adjacent to an activating group) is 1. The molecular formula is C16H21N3O2. The lowest BCUT2D eigenvalue weighted by molar-refractivity contribution is 0.185. The Morgan fingerprint density at radius 3 is 2.90 bits per heavy atom. The Morgan fingerprint density at radius 1 is 1.33 bits per heavy atom. The Labute approximate surface area is 124 Å². The number of aromatic nitrogens is 2. The van der Waals surface area contributed by atoms with Gasteiger partial charge in [0.15, 0.2) is 5.82 Å². The lowest BCUT2D eigenvalue weighted by Gasteiger charge is -2.13. The fourth-order valence-corrected chi connectivity index (χ4v) is 2.71. The fraction of sp³-hybridized carbons (Fsp3) is 0.500. The molecule has 5 nitrogen and oxygen atoms in total. The standard InChI is InChI=1S/C16H21N3O2/c1-17-14(13-5-3-2-4-6-13)10-16-18-15(19-21-16)9-12-7-8-20-11-12/h2-6,12,14,17H,7-11H2,1H3. The van der Waals surface area contributed by atoms with Crippen LogP contribution in [0.2, 0.25) is 0 Å². The van der Waals surface area contributed by atoms with Crippen molar-refractivity contribution in [2.45, 2.75) is 25.3 Å². The van der Waals surface area contributed by atoms with Gasteiger partial charge >= 0.3 is 0 Å². The molecule has 1 aromatic heterocycles. The Kier molecular flexibility index (Phi) is 4.62. The molecule has 2 heterocycles. The van der Waals surface area contributed by atoms with Crippen LogP contribution < -0.4 is 5.32 Å². The topological polar surface area (TPSA) is 60.2 Å². The molecule has 1 N–H and O–H groups in total. The molecule has 1 aliphatic rings. The molecule has 2 atom stereocenters. The van der Waals surface area contributed by atoms with Crippen LogP contribution in [0.3, 0.4) is 0 Å². The van der Waals surface area contributed by atoms with Crippen LogP contribution in [0.15, 0.2) is 34.9 Å². The van der Waals surface area contributed by atoms with Gasteiger partial charge in [-0.25, -0.2) is 0 Å². The first-order valence-electron chi connectivity index (χ1n) is 7.46. The highest BCUT2D eigenvalue weighted by atomic mass is 16.5. The number of rotatable bonds is 6. The molecule has 1 aliphatic heterocycles. The zero-order valence-corrected chi connectivity index (χ0v) is 12.3. The van der Waals surface area contributed by atoms with E-state index in [1.807, 2.05) is 25.2 Å². The van der Waals surface area contributed by atoms with E-state index in [1.165, 1.54) is 5.56 Å². The zero-order chi connectivity index (χ0) is 14.5. The highest BCUT2D eigenvalue weighted by Gasteiger charge is 2.20. The first-order valence-corrected chi connectivity index (χ1v) is 7.46. The van der Waals surface area contributed by atoms with Gasteiger partial charge in [-0.1, -0.05) is 35.5 Å². The minimum Gasteiger partial charge on any atom is -0.381 e. The van der Waals surface area contributed by atoms with Crippen LogP contribution in [0.1, 0.15) is 29.7 Å². The van der Waals surface area contributed by atoms with Gasteiger partial charge in [-0.2, -0.15) is 4.98 Å². The van der Waals surface area contributed by atoms with Gasteiger partial charge in [-0.15, -0.1) is 0 Å². The molecule has 1 saturated heterocycles. The second-order valence-corrected chi connectivity index (χ2v) is 5.49. The van der Waals surface area contributed by atoms with E-state index in [-0.39, 0.29) is 6.04 Å². The summed E-state index contributed by atoms with van der Waals surface area (Å²) in [5, 5.41) is 7.39. The maximum Gasteiger partial charge on any atom is 0.228 e. The smallest absolute Gasteiger partial charge is 0.228 e. The lowest BCUT2D eigenvalue weighted by Crippen LogP contribution is -2.18. The predicted molar refractivity (Wildman–Crippen MR) is 78.9 cm³/mol. The third-order valence-electron chi connectivity index (χ3n) is 3.93. The highest BCUT2D eigenvalue weighted by Crippen LogP contribution is 2.19. The van der Waals surface area contributed by atoms with Gasteiger partial charge in [0.25, 0.3) is 0 Å². The first kappa shape index (κ1) is 14.2. The average molecular weight is 287 g/mol. The van der Waals surface area contributed by atoms with E-state index >= 15 is 0 Å². The molecule has 112 valence electrons. The summed E-state index contributed by atoms with van der Waals surface area (Å²) in [6.45, 7) is 1.66. The van der Waals surface area contributed by atoms with Crippen molar-refractivity contribution in [3.63, 3.8) is 0 Å². The van der Waals surface area contributed by atoms with Crippen LogP contribution in [0, 0.1) is 5.92 Å². The van der Waals surface area contributed by atoms with Crippen LogP contribution in [-0.2, 0) is 17.6 Å². The van der Waals surface area contributed by atoms with Crippen molar-refractivity contribution in [1.29, 1.82) is 0 Å². The van der Waals surface area contributed by atoms with Gasteiger partial charge < -0.3 is 14.6 Å². The van der Waals surface area contributed by atoms with E-state index < -0.39 is 0 Å². The number of hydrogen-bond acceptors (Lipinski definition) is 5. The van der Waals surface area contributed by atoms with Crippen molar-refractivity contribution in [1.82, 2.24) is 15.5 Å². The Hall–Kier alpha value is -1.72. The van der Waals surface area contributed by atoms with Crippen LogP contribution in [-0.4, -0.2) is 30.4 Å². The normalized spacial score (nSPS) is 19.8. The number of hydrogen-bond donors (Lipinski definition) is 1. The van der Waals surface area contributed by atoms with Crippen molar-refractivity contribution in [2.24, 2.45) is 5.92 Å². The third-order valence-corrected chi connectivity index (χ3v) is 3.93. The molecule has 2 aromatic rings. The second kappa shape index (κ2) is 6.83. The van der Waals surface area contributed by atoms with Gasteiger partial charge in [0.2, 0.25) is 5.89 Å². The number of benzene rings is 1. The van der Waals surface area contributed by atoms with Gasteiger partial charge in [0.1, 0.15) is 0 Å². The van der Waals surface area contributed by atoms with Gasteiger partial charge in [-0.3, -0.25) is 0 Å². The van der Waals surface area contributed by atoms with Crippen molar-refractivity contribution in [3.05, 3.63) is 47.6 Å². The minimum absolute atomic E-state index is 0.189. The van der Waals surface area contributed by atoms with Crippen molar-refractivity contribution < 1.29 is 9.26 Å². The van der Waals surface area contributed by atoms with Crippen LogP contribution in [0.5, 0.6) is 0 Å². The molecule has 0 amide bonds. The van der Waals surface area contributed by atoms with E-state index in [0.717, 1.165) is 31.9 Å². The highest BCUT2D eigenvalue weighted by molar-refractivity contribution is 5.19. The van der Waals surface area contributed by atoms with E-state index in [0.29, 0.717) is 18.2 Å². The monoisotopic (exact) mass is 287 g/mol. The molecule has 0 spiro atoms. The summed E-state index contributed by atoms with van der Waals surface area (Å²) in [7, 11) is 1.95. The summed E-state index contributed by atoms with van der Waals surface area (Å²) in [4.78, 5) is 4.51. The van der Waals surface area contributed by atoms with E-state index in [4.69, 9.17) is 9.26 Å². The van der Waals surface area contributed by atoms with E-state index in [1.54, 1.807) is 0 Å². The molecule has 2 unspecified atom stereocenters. The zero-order valence-electron chi connectivity index (χ0n) is 12.3. The SMILES string of the molecule is CNC(Cc1nc(CC2CCOC2)no1)c1ccccc1. The molecule has 3 rings (SSSR count). The molecular weight excluding hydrogens is 266 g/mol. The quantitative estimate of drug-likeness (QED) is 0.882. The predicted octanol–water partition coefficient (Wildman–Crippen LogP) is 2.15. The Morgan fingerprint density at radius 2 is 2.19 bits per heavy atom. The van der Waals surface area contributed by atoms with Gasteiger partial charge in [-0.05, 0) is 24.9 Å². The summed E-state index contributed by atoms with van der Waals surface area (Å²) >= 11 is 0. The molecule has 1 aromatic carbocycles. The van der Waals surface area contributed by atoms with E-state index in [2.05, 4.69) is 27.6 Å². The molecule has 0 bridgehead atoms. The summed E-state index contributed by atoms with van der Waals surface area (Å²) in [5.41, 5.74) is 1.23. The summed E-state index contributed by atoms with van der Waals surface area (Å²) in [5.74, 6) is 2.01. The lowest BCUT2D eigenvalue weighted by atomic mass is 10.0. The minimum atomic E-state index is 0.189. The molecule has 0 aliphatic carbocycles. The maximum atomic E-state index is 5.39. The number of nitrogens with one attached hydrogen (secondary N) is 1. The average Bonchev–Trinajstić information content (AvgIpc) is 3.18. The molecule has 0 radical (unpaired) electrons. The fourth-order valence-electron chi connectivity index (χ4n) is 2.71. The second-order valence-electron chi connectivity index (χ2n) is 5.49. The largest absolute Gasteiger partial charge is 0.381 e. The maximum absolute atomic E-state index is 5.39. The van der Waals surface area contributed by atoms with Crippen molar-refractivity contribution in [3.8, 4) is 0 Å². The van der Waals surface area contributed by atoms with Gasteiger partial charge in [0, 0.05) is 32.1 Å². The van der Waals surface area contributed by atoms with Crippen LogP contribution >= 0.6 is 0 Å². The summed E-state index contributed by atoms with van der Waals surface area (Å²) < 4.78 is 10.8. The molecule has 0 saturated carbocycles. The van der Waals surface area contributed by atoms with Crippen molar-refractivity contribution in [2.75, 3.05) is 20.3 Å². The van der Waals surface area contributed by atoms with Crippen LogP contribution in [0.25, 0.3) is 0 Å². The van der Waals surface area contributed by atoms with Crippen LogP contribution in [0.4, 0.5) is 0 Å².